The molecule has 0 spiro atoms. The average Bonchev–Trinajstić information content (AvgIpc) is 2.54. The van der Waals surface area contributed by atoms with Crippen LogP contribution in [0.5, 0.6) is 5.75 Å². The summed E-state index contributed by atoms with van der Waals surface area (Å²) >= 11 is 0. The van der Waals surface area contributed by atoms with E-state index >= 15 is 0 Å². The summed E-state index contributed by atoms with van der Waals surface area (Å²) in [6, 6.07) is 15.2. The Hall–Kier alpha value is -2.33. The first-order valence-electron chi connectivity index (χ1n) is 8.49. The van der Waals surface area contributed by atoms with E-state index in [1.807, 2.05) is 45.0 Å². The van der Waals surface area contributed by atoms with Crippen molar-refractivity contribution in [3.05, 3.63) is 65.2 Å². The van der Waals surface area contributed by atoms with Crippen LogP contribution in [-0.4, -0.2) is 17.6 Å². The average molecular weight is 341 g/mol. The van der Waals surface area contributed by atoms with E-state index in [0.29, 0.717) is 13.0 Å². The van der Waals surface area contributed by atoms with E-state index in [9.17, 15) is 4.79 Å². The van der Waals surface area contributed by atoms with Crippen molar-refractivity contribution in [2.24, 2.45) is 5.73 Å². The van der Waals surface area contributed by atoms with E-state index in [4.69, 9.17) is 15.2 Å². The lowest BCUT2D eigenvalue weighted by atomic mass is 10.1. The zero-order valence-corrected chi connectivity index (χ0v) is 15.4. The number of benzene rings is 2. The summed E-state index contributed by atoms with van der Waals surface area (Å²) in [6.45, 7) is 8.08. The molecule has 0 aliphatic rings. The number of nitrogens with two attached hydrogens (primary N) is 1. The number of hydrogen-bond acceptors (Lipinski definition) is 4. The predicted octanol–water partition coefficient (Wildman–Crippen LogP) is 3.79. The summed E-state index contributed by atoms with van der Waals surface area (Å²) in [4.78, 5) is 11.9. The summed E-state index contributed by atoms with van der Waals surface area (Å²) in [5.74, 6) is 0.405. The second kappa shape index (κ2) is 8.17. The van der Waals surface area contributed by atoms with Crippen LogP contribution in [0.25, 0.3) is 0 Å². The Balaban J connectivity index is 1.86. The molecule has 0 saturated heterocycles. The van der Waals surface area contributed by atoms with Gasteiger partial charge in [-0.1, -0.05) is 42.0 Å². The molecule has 0 bridgehead atoms. The zero-order valence-electron chi connectivity index (χ0n) is 15.4. The smallest absolute Gasteiger partial charge is 0.323 e. The number of ether oxygens (including phenoxy) is 2. The van der Waals surface area contributed by atoms with Gasteiger partial charge in [0, 0.05) is 0 Å². The monoisotopic (exact) mass is 341 g/mol. The largest absolute Gasteiger partial charge is 0.489 e. The van der Waals surface area contributed by atoms with E-state index < -0.39 is 11.6 Å². The van der Waals surface area contributed by atoms with Crippen LogP contribution in [0.3, 0.4) is 0 Å². The number of carbonyl (C=O) groups is 1. The molecule has 0 saturated carbocycles. The SMILES string of the molecule is Cc1ccc(COc2ccc(C[C@H](N)C(=O)OC(C)(C)C)cc2)cc1. The van der Waals surface area contributed by atoms with Crippen LogP contribution in [0.15, 0.2) is 48.5 Å². The Morgan fingerprint density at radius 3 is 2.12 bits per heavy atom. The molecule has 4 heteroatoms. The van der Waals surface area contributed by atoms with Crippen molar-refractivity contribution in [1.82, 2.24) is 0 Å². The van der Waals surface area contributed by atoms with Crippen molar-refractivity contribution in [3.8, 4) is 5.75 Å². The lowest BCUT2D eigenvalue weighted by Crippen LogP contribution is -2.38. The lowest BCUT2D eigenvalue weighted by Gasteiger charge is -2.22. The molecule has 0 aliphatic heterocycles. The van der Waals surface area contributed by atoms with Crippen molar-refractivity contribution >= 4 is 5.97 Å². The molecule has 2 rings (SSSR count). The van der Waals surface area contributed by atoms with Gasteiger partial charge in [0.15, 0.2) is 0 Å². The standard InChI is InChI=1S/C21H27NO3/c1-15-5-7-17(8-6-15)14-24-18-11-9-16(10-12-18)13-19(22)20(23)25-21(2,3)4/h5-12,19H,13-14,22H2,1-4H3/t19-/m0/s1. The summed E-state index contributed by atoms with van der Waals surface area (Å²) in [5, 5.41) is 0. The third-order valence-corrected chi connectivity index (χ3v) is 3.61. The highest BCUT2D eigenvalue weighted by molar-refractivity contribution is 5.76. The van der Waals surface area contributed by atoms with Gasteiger partial charge in [-0.15, -0.1) is 0 Å². The van der Waals surface area contributed by atoms with Gasteiger partial charge >= 0.3 is 5.97 Å². The van der Waals surface area contributed by atoms with Crippen LogP contribution < -0.4 is 10.5 Å². The molecule has 1 atom stereocenters. The summed E-state index contributed by atoms with van der Waals surface area (Å²) in [7, 11) is 0. The normalized spacial score (nSPS) is 12.5. The number of carbonyl (C=O) groups excluding carboxylic acids is 1. The first-order chi connectivity index (χ1) is 11.7. The van der Waals surface area contributed by atoms with E-state index in [-0.39, 0.29) is 5.97 Å². The molecule has 25 heavy (non-hydrogen) atoms. The number of rotatable bonds is 6. The third-order valence-electron chi connectivity index (χ3n) is 3.61. The van der Waals surface area contributed by atoms with Gasteiger partial charge in [0.25, 0.3) is 0 Å². The van der Waals surface area contributed by atoms with Crippen LogP contribution in [0.4, 0.5) is 0 Å². The highest BCUT2D eigenvalue weighted by Crippen LogP contribution is 2.16. The fourth-order valence-corrected chi connectivity index (χ4v) is 2.29. The molecule has 0 aromatic heterocycles. The molecular weight excluding hydrogens is 314 g/mol. The Bertz CT molecular complexity index is 685. The Morgan fingerprint density at radius 2 is 1.56 bits per heavy atom. The van der Waals surface area contributed by atoms with Gasteiger partial charge in [0.2, 0.25) is 0 Å². The number of hydrogen-bond donors (Lipinski definition) is 1. The summed E-state index contributed by atoms with van der Waals surface area (Å²) in [6.07, 6.45) is 0.438. The topological polar surface area (TPSA) is 61.5 Å². The predicted molar refractivity (Wildman–Crippen MR) is 99.5 cm³/mol. The van der Waals surface area contributed by atoms with E-state index in [2.05, 4.69) is 31.2 Å². The van der Waals surface area contributed by atoms with Crippen LogP contribution in [0, 0.1) is 6.92 Å². The first-order valence-corrected chi connectivity index (χ1v) is 8.49. The molecule has 134 valence electrons. The van der Waals surface area contributed by atoms with Gasteiger partial charge < -0.3 is 15.2 Å². The second-order valence-corrected chi connectivity index (χ2v) is 7.26. The Kier molecular flexibility index (Phi) is 6.21. The third kappa shape index (κ3) is 6.59. The van der Waals surface area contributed by atoms with E-state index in [1.165, 1.54) is 5.56 Å². The van der Waals surface area contributed by atoms with E-state index in [0.717, 1.165) is 16.9 Å². The van der Waals surface area contributed by atoms with Crippen molar-refractivity contribution < 1.29 is 14.3 Å². The molecule has 2 N–H and O–H groups in total. The van der Waals surface area contributed by atoms with Gasteiger partial charge in [-0.2, -0.15) is 0 Å². The fourth-order valence-electron chi connectivity index (χ4n) is 2.29. The minimum atomic E-state index is -0.668. The van der Waals surface area contributed by atoms with Crippen molar-refractivity contribution in [2.45, 2.75) is 52.4 Å². The van der Waals surface area contributed by atoms with Gasteiger partial charge in [-0.05, 0) is 57.4 Å². The molecule has 0 unspecified atom stereocenters. The van der Waals surface area contributed by atoms with Gasteiger partial charge in [0.05, 0.1) is 0 Å². The zero-order chi connectivity index (χ0) is 18.4. The second-order valence-electron chi connectivity index (χ2n) is 7.26. The van der Waals surface area contributed by atoms with E-state index in [1.54, 1.807) is 0 Å². The van der Waals surface area contributed by atoms with Gasteiger partial charge in [-0.25, -0.2) is 0 Å². The molecule has 4 nitrogen and oxygen atoms in total. The number of aryl methyl sites for hydroxylation is 1. The highest BCUT2D eigenvalue weighted by Gasteiger charge is 2.22. The summed E-state index contributed by atoms with van der Waals surface area (Å²) in [5.41, 5.74) is 8.74. The number of esters is 1. The molecule has 0 heterocycles. The molecular formula is C21H27NO3. The molecule has 0 fully saturated rings. The molecule has 0 amide bonds. The van der Waals surface area contributed by atoms with Crippen LogP contribution in [-0.2, 0) is 22.6 Å². The van der Waals surface area contributed by atoms with Crippen LogP contribution in [0.2, 0.25) is 0 Å². The quantitative estimate of drug-likeness (QED) is 0.812. The lowest BCUT2D eigenvalue weighted by molar-refractivity contribution is -0.156. The molecule has 2 aromatic rings. The Morgan fingerprint density at radius 1 is 1.00 bits per heavy atom. The van der Waals surface area contributed by atoms with Crippen LogP contribution >= 0.6 is 0 Å². The molecule has 2 aromatic carbocycles. The maximum atomic E-state index is 11.9. The van der Waals surface area contributed by atoms with Gasteiger partial charge in [0.1, 0.15) is 24.0 Å². The highest BCUT2D eigenvalue weighted by atomic mass is 16.6. The minimum absolute atomic E-state index is 0.382. The maximum Gasteiger partial charge on any atom is 0.323 e. The van der Waals surface area contributed by atoms with Crippen LogP contribution in [0.1, 0.15) is 37.5 Å². The summed E-state index contributed by atoms with van der Waals surface area (Å²) < 4.78 is 11.1. The van der Waals surface area contributed by atoms with Gasteiger partial charge in [-0.3, -0.25) is 4.79 Å². The maximum absolute atomic E-state index is 11.9. The van der Waals surface area contributed by atoms with Crippen molar-refractivity contribution in [3.63, 3.8) is 0 Å². The molecule has 0 aliphatic carbocycles. The van der Waals surface area contributed by atoms with Crippen molar-refractivity contribution in [1.29, 1.82) is 0 Å². The van der Waals surface area contributed by atoms with Crippen molar-refractivity contribution in [2.75, 3.05) is 0 Å². The first kappa shape index (κ1) is 19.0. The fraction of sp³-hybridized carbons (Fsp3) is 0.381. The minimum Gasteiger partial charge on any atom is -0.489 e. The molecule has 0 radical (unpaired) electrons. The Labute approximate surface area is 150 Å².